The normalized spacial score (nSPS) is 12.9. The fourth-order valence-corrected chi connectivity index (χ4v) is 3.31. The summed E-state index contributed by atoms with van der Waals surface area (Å²) in [5.41, 5.74) is 1.50. The SMILES string of the molecule is CC[C@@H](C)NC(=O)[C@@H](C)N(Cc1ccc(Cl)c(Cl)c1)C(=O)Cc1ccccc1Cl. The molecule has 0 bridgehead atoms. The van der Waals surface area contributed by atoms with Gasteiger partial charge in [-0.15, -0.1) is 0 Å². The van der Waals surface area contributed by atoms with E-state index in [2.05, 4.69) is 5.32 Å². The van der Waals surface area contributed by atoms with Gasteiger partial charge in [-0.3, -0.25) is 9.59 Å². The van der Waals surface area contributed by atoms with Crippen molar-refractivity contribution in [3.63, 3.8) is 0 Å². The zero-order valence-corrected chi connectivity index (χ0v) is 19.0. The molecule has 156 valence electrons. The Kier molecular flexibility index (Phi) is 8.81. The highest BCUT2D eigenvalue weighted by Gasteiger charge is 2.27. The molecule has 0 unspecified atom stereocenters. The molecule has 0 spiro atoms. The first-order valence-corrected chi connectivity index (χ1v) is 10.6. The molecule has 0 heterocycles. The van der Waals surface area contributed by atoms with E-state index in [1.165, 1.54) is 0 Å². The van der Waals surface area contributed by atoms with E-state index in [0.29, 0.717) is 20.6 Å². The summed E-state index contributed by atoms with van der Waals surface area (Å²) in [5.74, 6) is -0.400. The predicted octanol–water partition coefficient (Wildman–Crippen LogP) is 5.52. The minimum Gasteiger partial charge on any atom is -0.352 e. The van der Waals surface area contributed by atoms with Gasteiger partial charge in [0.25, 0.3) is 0 Å². The first-order valence-electron chi connectivity index (χ1n) is 9.50. The molecule has 2 aromatic rings. The zero-order chi connectivity index (χ0) is 21.6. The third-order valence-corrected chi connectivity index (χ3v) is 5.91. The fourth-order valence-electron chi connectivity index (χ4n) is 2.79. The van der Waals surface area contributed by atoms with Crippen LogP contribution in [0.2, 0.25) is 15.1 Å². The lowest BCUT2D eigenvalue weighted by atomic mass is 10.1. The van der Waals surface area contributed by atoms with Gasteiger partial charge < -0.3 is 10.2 Å². The summed E-state index contributed by atoms with van der Waals surface area (Å²) in [6.45, 7) is 5.88. The summed E-state index contributed by atoms with van der Waals surface area (Å²) in [6, 6.07) is 11.7. The van der Waals surface area contributed by atoms with Gasteiger partial charge >= 0.3 is 0 Å². The van der Waals surface area contributed by atoms with E-state index in [-0.39, 0.29) is 30.8 Å². The van der Waals surface area contributed by atoms with E-state index in [4.69, 9.17) is 34.8 Å². The molecule has 0 aliphatic rings. The summed E-state index contributed by atoms with van der Waals surface area (Å²) >= 11 is 18.3. The lowest BCUT2D eigenvalue weighted by Gasteiger charge is -2.30. The lowest BCUT2D eigenvalue weighted by molar-refractivity contribution is -0.140. The molecule has 0 saturated carbocycles. The lowest BCUT2D eigenvalue weighted by Crippen LogP contribution is -2.49. The highest BCUT2D eigenvalue weighted by Crippen LogP contribution is 2.24. The number of carbonyl (C=O) groups is 2. The van der Waals surface area contributed by atoms with Crippen molar-refractivity contribution in [3.05, 3.63) is 68.7 Å². The van der Waals surface area contributed by atoms with Crippen molar-refractivity contribution >= 4 is 46.6 Å². The minimum absolute atomic E-state index is 0.0236. The molecule has 0 radical (unpaired) electrons. The summed E-state index contributed by atoms with van der Waals surface area (Å²) in [4.78, 5) is 27.4. The number of benzene rings is 2. The van der Waals surface area contributed by atoms with Crippen LogP contribution < -0.4 is 5.32 Å². The first-order chi connectivity index (χ1) is 13.7. The van der Waals surface area contributed by atoms with Crippen molar-refractivity contribution < 1.29 is 9.59 Å². The molecule has 2 rings (SSSR count). The Morgan fingerprint density at radius 3 is 2.31 bits per heavy atom. The molecule has 2 aromatic carbocycles. The van der Waals surface area contributed by atoms with Crippen molar-refractivity contribution in [2.24, 2.45) is 0 Å². The Hall–Kier alpha value is -1.75. The Morgan fingerprint density at radius 1 is 1.00 bits per heavy atom. The highest BCUT2D eigenvalue weighted by molar-refractivity contribution is 6.42. The van der Waals surface area contributed by atoms with Crippen LogP contribution >= 0.6 is 34.8 Å². The number of hydrogen-bond donors (Lipinski definition) is 1. The molecule has 7 heteroatoms. The van der Waals surface area contributed by atoms with E-state index in [9.17, 15) is 9.59 Å². The maximum absolute atomic E-state index is 13.2. The maximum Gasteiger partial charge on any atom is 0.242 e. The van der Waals surface area contributed by atoms with Gasteiger partial charge in [-0.25, -0.2) is 0 Å². The van der Waals surface area contributed by atoms with Gasteiger partial charge in [-0.05, 0) is 49.6 Å². The molecule has 0 aliphatic heterocycles. The van der Waals surface area contributed by atoms with Crippen molar-refractivity contribution in [2.75, 3.05) is 0 Å². The van der Waals surface area contributed by atoms with Gasteiger partial charge in [-0.1, -0.05) is 66.0 Å². The van der Waals surface area contributed by atoms with Crippen LogP contribution in [-0.4, -0.2) is 28.8 Å². The van der Waals surface area contributed by atoms with E-state index >= 15 is 0 Å². The highest BCUT2D eigenvalue weighted by atomic mass is 35.5. The third kappa shape index (κ3) is 6.63. The molecule has 29 heavy (non-hydrogen) atoms. The number of nitrogens with zero attached hydrogens (tertiary/aromatic N) is 1. The van der Waals surface area contributed by atoms with Crippen LogP contribution in [-0.2, 0) is 22.6 Å². The monoisotopic (exact) mass is 454 g/mol. The smallest absolute Gasteiger partial charge is 0.242 e. The van der Waals surface area contributed by atoms with Gasteiger partial charge in [0.15, 0.2) is 0 Å². The average Bonchev–Trinajstić information content (AvgIpc) is 2.69. The molecule has 0 saturated heterocycles. The number of rotatable bonds is 8. The quantitative estimate of drug-likeness (QED) is 0.569. The van der Waals surface area contributed by atoms with E-state index in [1.54, 1.807) is 36.1 Å². The fraction of sp³-hybridized carbons (Fsp3) is 0.364. The van der Waals surface area contributed by atoms with Crippen LogP contribution in [0, 0.1) is 0 Å². The van der Waals surface area contributed by atoms with Crippen LogP contribution in [0.3, 0.4) is 0 Å². The van der Waals surface area contributed by atoms with Crippen LogP contribution in [0.25, 0.3) is 0 Å². The van der Waals surface area contributed by atoms with Crippen LogP contribution in [0.4, 0.5) is 0 Å². The Morgan fingerprint density at radius 2 is 1.69 bits per heavy atom. The second-order valence-corrected chi connectivity index (χ2v) is 8.25. The van der Waals surface area contributed by atoms with Gasteiger partial charge in [0, 0.05) is 17.6 Å². The Labute approximate surface area is 187 Å². The first kappa shape index (κ1) is 23.5. The molecule has 0 fully saturated rings. The topological polar surface area (TPSA) is 49.4 Å². The molecule has 0 aromatic heterocycles. The van der Waals surface area contributed by atoms with E-state index < -0.39 is 6.04 Å². The standard InChI is InChI=1S/C22H25Cl3N2O2/c1-4-14(2)26-22(29)15(3)27(13-16-9-10-19(24)20(25)11-16)21(28)12-17-7-5-6-8-18(17)23/h5-11,14-15H,4,12-13H2,1-3H3,(H,26,29)/t14-,15-/m1/s1. The van der Waals surface area contributed by atoms with Gasteiger partial charge in [-0.2, -0.15) is 0 Å². The maximum atomic E-state index is 13.2. The minimum atomic E-state index is -0.659. The second-order valence-electron chi connectivity index (χ2n) is 7.03. The van der Waals surface area contributed by atoms with Crippen LogP contribution in [0.5, 0.6) is 0 Å². The zero-order valence-electron chi connectivity index (χ0n) is 16.7. The summed E-state index contributed by atoms with van der Waals surface area (Å²) in [6.07, 6.45) is 0.904. The van der Waals surface area contributed by atoms with Gasteiger partial charge in [0.2, 0.25) is 11.8 Å². The predicted molar refractivity (Wildman–Crippen MR) is 120 cm³/mol. The summed E-state index contributed by atoms with van der Waals surface area (Å²) < 4.78 is 0. The van der Waals surface area contributed by atoms with Crippen LogP contribution in [0.1, 0.15) is 38.3 Å². The molecular weight excluding hydrogens is 431 g/mol. The van der Waals surface area contributed by atoms with Gasteiger partial charge in [0.05, 0.1) is 16.5 Å². The second kappa shape index (κ2) is 10.9. The van der Waals surface area contributed by atoms with E-state index in [1.807, 2.05) is 32.0 Å². The number of nitrogens with one attached hydrogen (secondary N) is 1. The summed E-state index contributed by atoms with van der Waals surface area (Å²) in [7, 11) is 0. The molecule has 4 nitrogen and oxygen atoms in total. The largest absolute Gasteiger partial charge is 0.352 e. The molecule has 1 N–H and O–H groups in total. The Balaban J connectivity index is 2.28. The van der Waals surface area contributed by atoms with Crippen LogP contribution in [0.15, 0.2) is 42.5 Å². The van der Waals surface area contributed by atoms with Crippen molar-refractivity contribution in [3.8, 4) is 0 Å². The van der Waals surface area contributed by atoms with Crippen molar-refractivity contribution in [1.82, 2.24) is 10.2 Å². The number of hydrogen-bond acceptors (Lipinski definition) is 2. The Bertz CT molecular complexity index is 873. The number of carbonyl (C=O) groups excluding carboxylic acids is 2. The van der Waals surface area contributed by atoms with Gasteiger partial charge in [0.1, 0.15) is 6.04 Å². The molecule has 2 amide bonds. The summed E-state index contributed by atoms with van der Waals surface area (Å²) in [5, 5.41) is 4.30. The number of amides is 2. The molecule has 0 aliphatic carbocycles. The average molecular weight is 456 g/mol. The third-order valence-electron chi connectivity index (χ3n) is 4.80. The van der Waals surface area contributed by atoms with E-state index in [0.717, 1.165) is 12.0 Å². The molecule has 2 atom stereocenters. The number of halogens is 3. The van der Waals surface area contributed by atoms with Crippen molar-refractivity contribution in [1.29, 1.82) is 0 Å². The van der Waals surface area contributed by atoms with Crippen molar-refractivity contribution in [2.45, 2.75) is 52.2 Å². The molecular formula is C22H25Cl3N2O2.